The average Bonchev–Trinajstić information content (AvgIpc) is 2.65. The zero-order valence-corrected chi connectivity index (χ0v) is 12.8. The molecule has 1 fully saturated rings. The van der Waals surface area contributed by atoms with Gasteiger partial charge in [-0.1, -0.05) is 17.7 Å². The number of sulfonamides is 1. The van der Waals surface area contributed by atoms with Gasteiger partial charge in [-0.25, -0.2) is 8.42 Å². The van der Waals surface area contributed by atoms with Gasteiger partial charge in [0.1, 0.15) is 11.7 Å². The van der Waals surface area contributed by atoms with E-state index in [1.807, 2.05) is 20.8 Å². The van der Waals surface area contributed by atoms with Crippen molar-refractivity contribution in [3.8, 4) is 0 Å². The van der Waals surface area contributed by atoms with Gasteiger partial charge < -0.3 is 4.79 Å². The van der Waals surface area contributed by atoms with E-state index in [1.165, 1.54) is 16.1 Å². The Bertz CT molecular complexity index is 578. The van der Waals surface area contributed by atoms with Crippen LogP contribution in [0.15, 0.2) is 29.2 Å². The summed E-state index contributed by atoms with van der Waals surface area (Å²) in [5.74, 6) is 0.613. The molecule has 0 aliphatic carbocycles. The van der Waals surface area contributed by atoms with E-state index in [0.29, 0.717) is 12.0 Å². The van der Waals surface area contributed by atoms with Crippen LogP contribution in [0, 0.1) is 6.92 Å². The van der Waals surface area contributed by atoms with Gasteiger partial charge in [0.2, 0.25) is 10.0 Å². The summed E-state index contributed by atoms with van der Waals surface area (Å²) < 4.78 is 26.7. The molecule has 0 spiro atoms. The summed E-state index contributed by atoms with van der Waals surface area (Å²) in [5, 5.41) is -0.638. The maximum absolute atomic E-state index is 12.7. The van der Waals surface area contributed by atoms with Crippen molar-refractivity contribution < 1.29 is 13.2 Å². The lowest BCUT2D eigenvalue weighted by molar-refractivity contribution is -0.109. The molecule has 1 heterocycles. The second-order valence-electron chi connectivity index (χ2n) is 5.26. The van der Waals surface area contributed by atoms with Crippen LogP contribution in [0.1, 0.15) is 19.4 Å². The van der Waals surface area contributed by atoms with Crippen molar-refractivity contribution in [1.29, 1.82) is 0 Å². The Morgan fingerprint density at radius 1 is 1.32 bits per heavy atom. The summed E-state index contributed by atoms with van der Waals surface area (Å²) in [6.45, 7) is 5.59. The lowest BCUT2D eigenvalue weighted by atomic mass is 10.1. The van der Waals surface area contributed by atoms with E-state index in [1.54, 1.807) is 24.3 Å². The van der Waals surface area contributed by atoms with Crippen LogP contribution in [0.2, 0.25) is 0 Å². The van der Waals surface area contributed by atoms with Gasteiger partial charge in [0.15, 0.2) is 0 Å². The van der Waals surface area contributed by atoms with E-state index < -0.39 is 20.9 Å². The van der Waals surface area contributed by atoms with Gasteiger partial charge in [0.05, 0.1) is 4.90 Å². The quantitative estimate of drug-likeness (QED) is 0.802. The average molecular weight is 299 g/mol. The Kier molecular flexibility index (Phi) is 3.77. The van der Waals surface area contributed by atoms with Gasteiger partial charge in [-0.3, -0.25) is 0 Å². The molecule has 2 rings (SSSR count). The molecule has 1 atom stereocenters. The molecule has 0 unspecified atom stereocenters. The molecule has 0 N–H and O–H groups in total. The highest BCUT2D eigenvalue weighted by atomic mass is 32.2. The Morgan fingerprint density at radius 3 is 2.42 bits per heavy atom. The molecule has 1 aromatic rings. The first-order valence-electron chi connectivity index (χ1n) is 5.97. The largest absolute Gasteiger partial charge is 0.301 e. The van der Waals surface area contributed by atoms with E-state index in [2.05, 4.69) is 0 Å². The molecule has 4 nitrogen and oxygen atoms in total. The Balaban J connectivity index is 2.48. The van der Waals surface area contributed by atoms with Crippen molar-refractivity contribution in [2.75, 3.05) is 5.75 Å². The standard InChI is InChI=1S/C13H17NO3S2/c1-10-4-6-11(7-5-10)19(16,17)14-12(8-15)18-9-13(14,2)3/h4-8,12H,9H2,1-3H3/t12-/m0/s1. The maximum Gasteiger partial charge on any atom is 0.244 e. The molecule has 0 radical (unpaired) electrons. The van der Waals surface area contributed by atoms with Gasteiger partial charge in [-0.2, -0.15) is 4.31 Å². The van der Waals surface area contributed by atoms with Crippen LogP contribution in [0.4, 0.5) is 0 Å². The number of rotatable bonds is 3. The number of thioether (sulfide) groups is 1. The van der Waals surface area contributed by atoms with Crippen LogP contribution in [-0.4, -0.2) is 35.7 Å². The first-order chi connectivity index (χ1) is 8.79. The third-order valence-electron chi connectivity index (χ3n) is 3.13. The van der Waals surface area contributed by atoms with Crippen LogP contribution >= 0.6 is 11.8 Å². The fourth-order valence-electron chi connectivity index (χ4n) is 2.15. The topological polar surface area (TPSA) is 54.5 Å². The molecule has 1 aliphatic rings. The summed E-state index contributed by atoms with van der Waals surface area (Å²) in [4.78, 5) is 11.3. The summed E-state index contributed by atoms with van der Waals surface area (Å²) in [6, 6.07) is 6.70. The molecule has 104 valence electrons. The predicted octanol–water partition coefficient (Wildman–Crippen LogP) is 2.04. The van der Waals surface area contributed by atoms with E-state index >= 15 is 0 Å². The van der Waals surface area contributed by atoms with Gasteiger partial charge in [0.25, 0.3) is 0 Å². The molecule has 0 saturated carbocycles. The summed E-state index contributed by atoms with van der Waals surface area (Å²) in [7, 11) is -3.64. The molecule has 19 heavy (non-hydrogen) atoms. The fraction of sp³-hybridized carbons (Fsp3) is 0.462. The van der Waals surface area contributed by atoms with Gasteiger partial charge in [-0.15, -0.1) is 11.8 Å². The minimum absolute atomic E-state index is 0.237. The number of nitrogens with zero attached hydrogens (tertiary/aromatic N) is 1. The van der Waals surface area contributed by atoms with Crippen LogP contribution in [0.3, 0.4) is 0 Å². The number of hydrogen-bond acceptors (Lipinski definition) is 4. The zero-order valence-electron chi connectivity index (χ0n) is 11.2. The number of aldehydes is 1. The minimum atomic E-state index is -3.64. The Labute approximate surface area is 118 Å². The van der Waals surface area contributed by atoms with Crippen LogP contribution in [0.5, 0.6) is 0 Å². The number of benzene rings is 1. The highest BCUT2D eigenvalue weighted by Gasteiger charge is 2.47. The fourth-order valence-corrected chi connectivity index (χ4v) is 5.71. The SMILES string of the molecule is Cc1ccc(S(=O)(=O)N2[C@H](C=O)SCC2(C)C)cc1. The summed E-state index contributed by atoms with van der Waals surface area (Å²) >= 11 is 1.36. The first-order valence-corrected chi connectivity index (χ1v) is 8.46. The van der Waals surface area contributed by atoms with Crippen molar-refractivity contribution in [2.45, 2.75) is 36.6 Å². The van der Waals surface area contributed by atoms with Gasteiger partial charge in [-0.05, 0) is 32.9 Å². The molecular weight excluding hydrogens is 282 g/mol. The Hall–Kier alpha value is -0.850. The lowest BCUT2D eigenvalue weighted by Crippen LogP contribution is -2.48. The predicted molar refractivity (Wildman–Crippen MR) is 76.6 cm³/mol. The first kappa shape index (κ1) is 14.6. The van der Waals surface area contributed by atoms with Crippen LogP contribution in [-0.2, 0) is 14.8 Å². The van der Waals surface area contributed by atoms with Crippen LogP contribution < -0.4 is 0 Å². The van der Waals surface area contributed by atoms with Crippen molar-refractivity contribution in [2.24, 2.45) is 0 Å². The van der Waals surface area contributed by atoms with Gasteiger partial charge >= 0.3 is 0 Å². The molecule has 0 aromatic heterocycles. The van der Waals surface area contributed by atoms with Crippen LogP contribution in [0.25, 0.3) is 0 Å². The van der Waals surface area contributed by atoms with Crippen molar-refractivity contribution in [3.05, 3.63) is 29.8 Å². The summed E-state index contributed by atoms with van der Waals surface area (Å²) in [5.41, 5.74) is 0.445. The third-order valence-corrected chi connectivity index (χ3v) is 6.91. The monoisotopic (exact) mass is 299 g/mol. The molecule has 6 heteroatoms. The zero-order chi connectivity index (χ0) is 14.3. The lowest BCUT2D eigenvalue weighted by Gasteiger charge is -2.31. The molecule has 0 bridgehead atoms. The molecule has 0 amide bonds. The maximum atomic E-state index is 12.7. The number of carbonyl (C=O) groups excluding carboxylic acids is 1. The normalized spacial score (nSPS) is 23.4. The molecule has 1 aliphatic heterocycles. The van der Waals surface area contributed by atoms with E-state index in [9.17, 15) is 13.2 Å². The Morgan fingerprint density at radius 2 is 1.89 bits per heavy atom. The number of carbonyl (C=O) groups is 1. The molecular formula is C13H17NO3S2. The second-order valence-corrected chi connectivity index (χ2v) is 8.18. The van der Waals surface area contributed by atoms with Gasteiger partial charge in [0, 0.05) is 11.3 Å². The third kappa shape index (κ3) is 2.57. The van der Waals surface area contributed by atoms with Crippen molar-refractivity contribution in [3.63, 3.8) is 0 Å². The second kappa shape index (κ2) is 4.92. The van der Waals surface area contributed by atoms with E-state index in [-0.39, 0.29) is 4.90 Å². The number of hydrogen-bond donors (Lipinski definition) is 0. The smallest absolute Gasteiger partial charge is 0.244 e. The summed E-state index contributed by atoms with van der Waals surface area (Å²) in [6.07, 6.45) is 0.700. The minimum Gasteiger partial charge on any atom is -0.301 e. The molecule has 1 saturated heterocycles. The highest BCUT2D eigenvalue weighted by molar-refractivity contribution is 8.02. The number of aryl methyl sites for hydroxylation is 1. The van der Waals surface area contributed by atoms with E-state index in [4.69, 9.17) is 0 Å². The molecule has 1 aromatic carbocycles. The van der Waals surface area contributed by atoms with Crippen molar-refractivity contribution in [1.82, 2.24) is 4.31 Å². The van der Waals surface area contributed by atoms with E-state index in [0.717, 1.165) is 5.56 Å². The highest BCUT2D eigenvalue weighted by Crippen LogP contribution is 2.39. The van der Waals surface area contributed by atoms with Crippen molar-refractivity contribution >= 4 is 28.1 Å².